The monoisotopic (exact) mass is 318 g/mol. The van der Waals surface area contributed by atoms with Crippen molar-refractivity contribution in [3.05, 3.63) is 94.4 Å². The Bertz CT molecular complexity index is 1050. The average molecular weight is 318 g/mol. The van der Waals surface area contributed by atoms with Crippen LogP contribution in [0.25, 0.3) is 5.57 Å². The Labute approximate surface area is 136 Å². The topological polar surface area (TPSA) is 51.0 Å². The number of hydrogen-bond donors (Lipinski definition) is 0. The summed E-state index contributed by atoms with van der Waals surface area (Å²) in [6.45, 7) is 0. The van der Waals surface area contributed by atoms with Gasteiger partial charge in [0.1, 0.15) is 11.5 Å². The summed E-state index contributed by atoms with van der Waals surface area (Å²) in [5, 5.41) is 5.78. The summed E-state index contributed by atoms with van der Waals surface area (Å²) in [6.07, 6.45) is 5.45. The van der Waals surface area contributed by atoms with Crippen molar-refractivity contribution < 1.29 is 14.0 Å². The largest absolute Gasteiger partial charge is 0.365 e. The highest BCUT2D eigenvalue weighted by Crippen LogP contribution is 2.21. The number of carbonyl (C=O) groups excluding carboxylic acids is 1. The molecule has 0 radical (unpaired) electrons. The van der Waals surface area contributed by atoms with Crippen LogP contribution in [0.15, 0.2) is 82.6 Å². The van der Waals surface area contributed by atoms with E-state index in [-0.39, 0.29) is 5.56 Å². The van der Waals surface area contributed by atoms with Crippen LogP contribution < -0.4 is 10.6 Å². The molecule has 1 aliphatic carbocycles. The summed E-state index contributed by atoms with van der Waals surface area (Å²) in [4.78, 5) is 21.6. The number of para-hydroxylation sites is 1. The minimum absolute atomic E-state index is 0.234. The molecule has 0 amide bonds. The number of hydrogen-bond acceptors (Lipinski definition) is 4. The van der Waals surface area contributed by atoms with E-state index in [1.54, 1.807) is 12.2 Å². The van der Waals surface area contributed by atoms with E-state index >= 15 is 0 Å². The lowest BCUT2D eigenvalue weighted by Gasteiger charge is -2.08. The van der Waals surface area contributed by atoms with Crippen molar-refractivity contribution in [1.82, 2.24) is 0 Å². The molecule has 2 aliphatic rings. The molecule has 0 spiro atoms. The molecule has 0 saturated heterocycles. The third-order valence-electron chi connectivity index (χ3n) is 3.74. The summed E-state index contributed by atoms with van der Waals surface area (Å²) < 4.78 is 12.9. The predicted molar refractivity (Wildman–Crippen MR) is 87.1 cm³/mol. The number of rotatable bonds is 2. The molecular formula is C19H11FN2O2. The molecule has 4 rings (SSSR count). The zero-order chi connectivity index (χ0) is 16.5. The molecule has 1 aliphatic heterocycles. The lowest BCUT2D eigenvalue weighted by molar-refractivity contribution is 0.0517. The summed E-state index contributed by atoms with van der Waals surface area (Å²) in [6, 6.07) is 12.8. The van der Waals surface area contributed by atoms with Gasteiger partial charge in [0.05, 0.1) is 16.6 Å². The summed E-state index contributed by atoms with van der Waals surface area (Å²) in [5.41, 5.74) is 2.38. The van der Waals surface area contributed by atoms with Crippen molar-refractivity contribution >= 4 is 17.3 Å². The van der Waals surface area contributed by atoms with Crippen LogP contribution in [-0.2, 0) is 4.84 Å². The maximum atomic E-state index is 12.9. The smallest absolute Gasteiger partial charge is 0.312 e. The van der Waals surface area contributed by atoms with Gasteiger partial charge in [-0.25, -0.2) is 14.2 Å². The second-order valence-electron chi connectivity index (χ2n) is 5.28. The van der Waals surface area contributed by atoms with E-state index < -0.39 is 11.8 Å². The number of fused-ring (bicyclic) bond motifs is 2. The summed E-state index contributed by atoms with van der Waals surface area (Å²) in [5.74, 6) is -1.06. The van der Waals surface area contributed by atoms with Crippen molar-refractivity contribution in [2.75, 3.05) is 0 Å². The molecule has 116 valence electrons. The van der Waals surface area contributed by atoms with Crippen molar-refractivity contribution in [1.29, 1.82) is 0 Å². The summed E-state index contributed by atoms with van der Waals surface area (Å²) >= 11 is 0. The Kier molecular flexibility index (Phi) is 3.39. The van der Waals surface area contributed by atoms with E-state index in [9.17, 15) is 9.18 Å². The molecule has 0 aromatic heterocycles. The first kappa shape index (κ1) is 14.3. The zero-order valence-electron chi connectivity index (χ0n) is 12.4. The van der Waals surface area contributed by atoms with Crippen LogP contribution in [0.4, 0.5) is 4.39 Å². The fourth-order valence-electron chi connectivity index (χ4n) is 2.62. The Morgan fingerprint density at radius 1 is 1.08 bits per heavy atom. The molecule has 4 nitrogen and oxygen atoms in total. The fraction of sp³-hybridized carbons (Fsp3) is 0. The first-order valence-corrected chi connectivity index (χ1v) is 7.34. The van der Waals surface area contributed by atoms with Gasteiger partial charge in [-0.05, 0) is 42.5 Å². The van der Waals surface area contributed by atoms with E-state index in [4.69, 9.17) is 4.84 Å². The first-order chi connectivity index (χ1) is 11.7. The van der Waals surface area contributed by atoms with E-state index in [2.05, 4.69) is 10.1 Å². The quantitative estimate of drug-likeness (QED) is 0.630. The first-order valence-electron chi connectivity index (χ1n) is 7.34. The van der Waals surface area contributed by atoms with Gasteiger partial charge < -0.3 is 4.84 Å². The molecule has 5 heteroatoms. The van der Waals surface area contributed by atoms with Crippen LogP contribution >= 0.6 is 0 Å². The van der Waals surface area contributed by atoms with Gasteiger partial charge in [-0.2, -0.15) is 0 Å². The molecule has 0 N–H and O–H groups in total. The molecule has 0 bridgehead atoms. The highest BCUT2D eigenvalue weighted by atomic mass is 19.1. The van der Waals surface area contributed by atoms with E-state index in [1.807, 2.05) is 30.3 Å². The van der Waals surface area contributed by atoms with Crippen molar-refractivity contribution in [2.24, 2.45) is 10.1 Å². The number of benzene rings is 2. The van der Waals surface area contributed by atoms with Gasteiger partial charge in [0.15, 0.2) is 0 Å². The van der Waals surface area contributed by atoms with Crippen LogP contribution in [0.3, 0.4) is 0 Å². The normalized spacial score (nSPS) is 16.3. The second kappa shape index (κ2) is 5.70. The Balaban J connectivity index is 1.68. The highest BCUT2D eigenvalue weighted by Gasteiger charge is 2.20. The number of oxime groups is 1. The van der Waals surface area contributed by atoms with Crippen LogP contribution in [0.1, 0.15) is 10.4 Å². The van der Waals surface area contributed by atoms with Crippen molar-refractivity contribution in [2.45, 2.75) is 0 Å². The molecule has 2 aromatic rings. The zero-order valence-corrected chi connectivity index (χ0v) is 12.4. The van der Waals surface area contributed by atoms with Gasteiger partial charge in [0.2, 0.25) is 0 Å². The third kappa shape index (κ3) is 2.46. The second-order valence-corrected chi connectivity index (χ2v) is 5.28. The van der Waals surface area contributed by atoms with Crippen LogP contribution in [0.2, 0.25) is 0 Å². The highest BCUT2D eigenvalue weighted by molar-refractivity contribution is 6.30. The van der Waals surface area contributed by atoms with Gasteiger partial charge in [-0.1, -0.05) is 29.4 Å². The fourth-order valence-corrected chi connectivity index (χ4v) is 2.62. The van der Waals surface area contributed by atoms with Crippen LogP contribution in [0.5, 0.6) is 0 Å². The number of nitrogens with zero attached hydrogens (tertiary/aromatic N) is 2. The third-order valence-corrected chi connectivity index (χ3v) is 3.74. The maximum Gasteiger partial charge on any atom is 0.365 e. The van der Waals surface area contributed by atoms with Crippen molar-refractivity contribution in [3.8, 4) is 0 Å². The van der Waals surface area contributed by atoms with E-state index in [1.165, 1.54) is 24.3 Å². The standard InChI is InChI=1S/C19H11FN2O2/c20-13-10-8-12(9-11-13)19(23)24-22-17-7-3-6-16-18(17)14-4-1-2-5-15(14)21-16/h1-11H. The Hall–Kier alpha value is -3.34. The molecule has 0 saturated carbocycles. The van der Waals surface area contributed by atoms with Gasteiger partial charge in [-0.3, -0.25) is 0 Å². The Morgan fingerprint density at radius 2 is 1.88 bits per heavy atom. The lowest BCUT2D eigenvalue weighted by Crippen LogP contribution is -2.24. The van der Waals surface area contributed by atoms with Gasteiger partial charge in [0, 0.05) is 10.8 Å². The number of carbonyl (C=O) groups is 1. The van der Waals surface area contributed by atoms with Crippen LogP contribution in [0, 0.1) is 5.82 Å². The van der Waals surface area contributed by atoms with E-state index in [0.29, 0.717) is 5.71 Å². The average Bonchev–Trinajstić information content (AvgIpc) is 2.99. The minimum atomic E-state index is -0.643. The molecule has 0 fully saturated rings. The molecule has 24 heavy (non-hydrogen) atoms. The SMILES string of the molecule is O=C(ON=C1C=CC=C2N=c3ccccc3=C21)c1ccc(F)cc1. The van der Waals surface area contributed by atoms with Crippen LogP contribution in [-0.4, -0.2) is 11.7 Å². The van der Waals surface area contributed by atoms with Crippen molar-refractivity contribution in [3.63, 3.8) is 0 Å². The lowest BCUT2D eigenvalue weighted by atomic mass is 10.0. The van der Waals surface area contributed by atoms with Gasteiger partial charge >= 0.3 is 5.97 Å². The molecule has 0 atom stereocenters. The number of allylic oxidation sites excluding steroid dienone is 4. The Morgan fingerprint density at radius 3 is 2.71 bits per heavy atom. The van der Waals surface area contributed by atoms with Gasteiger partial charge in [0.25, 0.3) is 0 Å². The minimum Gasteiger partial charge on any atom is -0.312 e. The molecule has 2 aromatic carbocycles. The van der Waals surface area contributed by atoms with E-state index in [0.717, 1.165) is 21.8 Å². The maximum absolute atomic E-state index is 12.9. The molecule has 0 unspecified atom stereocenters. The summed E-state index contributed by atoms with van der Waals surface area (Å²) in [7, 11) is 0. The number of halogens is 1. The molecule has 1 heterocycles. The predicted octanol–water partition coefficient (Wildman–Crippen LogP) is 2.28. The van der Waals surface area contributed by atoms with Gasteiger partial charge in [-0.15, -0.1) is 0 Å². The molecular weight excluding hydrogens is 307 g/mol.